The summed E-state index contributed by atoms with van der Waals surface area (Å²) in [5.41, 5.74) is 6.47. The zero-order valence-electron chi connectivity index (χ0n) is 15.9. The maximum atomic E-state index is 12.3. The minimum absolute atomic E-state index is 0.226. The molecule has 1 aliphatic rings. The average Bonchev–Trinajstić information content (AvgIpc) is 3.28. The van der Waals surface area contributed by atoms with Gasteiger partial charge in [-0.1, -0.05) is 23.8 Å². The lowest BCUT2D eigenvalue weighted by Gasteiger charge is -2.08. The Morgan fingerprint density at radius 2 is 1.86 bits per heavy atom. The predicted molar refractivity (Wildman–Crippen MR) is 112 cm³/mol. The van der Waals surface area contributed by atoms with Crippen LogP contribution in [0.25, 0.3) is 17.3 Å². The van der Waals surface area contributed by atoms with Gasteiger partial charge >= 0.3 is 0 Å². The number of aromatic nitrogens is 1. The second-order valence-corrected chi connectivity index (χ2v) is 7.61. The van der Waals surface area contributed by atoms with Crippen molar-refractivity contribution in [2.75, 3.05) is 12.1 Å². The van der Waals surface area contributed by atoms with Crippen molar-refractivity contribution in [3.8, 4) is 22.8 Å². The maximum absolute atomic E-state index is 12.3. The van der Waals surface area contributed by atoms with Crippen LogP contribution < -0.4 is 14.8 Å². The van der Waals surface area contributed by atoms with E-state index in [0.717, 1.165) is 22.6 Å². The Hall–Kier alpha value is -3.12. The molecule has 1 amide bonds. The Labute approximate surface area is 167 Å². The van der Waals surface area contributed by atoms with Crippen LogP contribution in [0, 0.1) is 20.8 Å². The lowest BCUT2D eigenvalue weighted by Crippen LogP contribution is -2.07. The molecule has 5 nitrogen and oxygen atoms in total. The molecule has 1 aliphatic heterocycles. The zero-order chi connectivity index (χ0) is 19.7. The number of hydrogen-bond donors (Lipinski definition) is 1. The van der Waals surface area contributed by atoms with Gasteiger partial charge in [0.05, 0.1) is 5.69 Å². The van der Waals surface area contributed by atoms with Crippen LogP contribution in [0.15, 0.2) is 41.8 Å². The van der Waals surface area contributed by atoms with E-state index in [4.69, 9.17) is 9.47 Å². The quantitative estimate of drug-likeness (QED) is 0.627. The normalized spacial score (nSPS) is 12.5. The Bertz CT molecular complexity index is 1060. The molecule has 6 heteroatoms. The molecule has 4 rings (SSSR count). The largest absolute Gasteiger partial charge is 0.454 e. The number of nitrogens with one attached hydrogen (secondary N) is 1. The highest BCUT2D eigenvalue weighted by molar-refractivity contribution is 7.14. The van der Waals surface area contributed by atoms with Gasteiger partial charge in [-0.05, 0) is 55.7 Å². The SMILES string of the molecule is Cc1cc(C)c(-c2csc(NC(=O)/C=C/c3ccc4c(c3)OCO4)n2)c(C)c1. The Morgan fingerprint density at radius 1 is 1.11 bits per heavy atom. The van der Waals surface area contributed by atoms with Gasteiger partial charge in [0.2, 0.25) is 12.7 Å². The summed E-state index contributed by atoms with van der Waals surface area (Å²) in [5, 5.41) is 5.38. The molecule has 0 radical (unpaired) electrons. The van der Waals surface area contributed by atoms with Gasteiger partial charge < -0.3 is 9.47 Å². The topological polar surface area (TPSA) is 60.5 Å². The number of fused-ring (bicyclic) bond motifs is 1. The molecule has 142 valence electrons. The molecule has 3 aromatic rings. The lowest BCUT2D eigenvalue weighted by molar-refractivity contribution is -0.111. The molecular weight excluding hydrogens is 372 g/mol. The fourth-order valence-electron chi connectivity index (χ4n) is 3.37. The number of carbonyl (C=O) groups excluding carboxylic acids is 1. The number of ether oxygens (including phenoxy) is 2. The number of benzene rings is 2. The van der Waals surface area contributed by atoms with Crippen molar-refractivity contribution >= 4 is 28.5 Å². The van der Waals surface area contributed by atoms with E-state index in [1.54, 1.807) is 6.08 Å². The molecular formula is C22H20N2O3S. The van der Waals surface area contributed by atoms with Gasteiger partial charge in [-0.3, -0.25) is 10.1 Å². The average molecular weight is 392 g/mol. The van der Waals surface area contributed by atoms with E-state index in [1.165, 1.54) is 34.1 Å². The molecule has 0 spiro atoms. The number of thiazole rings is 1. The molecule has 2 aromatic carbocycles. The van der Waals surface area contributed by atoms with E-state index in [0.29, 0.717) is 10.9 Å². The summed E-state index contributed by atoms with van der Waals surface area (Å²) >= 11 is 1.42. The number of rotatable bonds is 4. The third-order valence-corrected chi connectivity index (χ3v) is 5.25. The minimum atomic E-state index is -0.226. The van der Waals surface area contributed by atoms with Crippen LogP contribution >= 0.6 is 11.3 Å². The fraction of sp³-hybridized carbons (Fsp3) is 0.182. The Morgan fingerprint density at radius 3 is 2.64 bits per heavy atom. The second-order valence-electron chi connectivity index (χ2n) is 6.75. The summed E-state index contributed by atoms with van der Waals surface area (Å²) in [6.07, 6.45) is 3.22. The lowest BCUT2D eigenvalue weighted by atomic mass is 9.98. The standard InChI is InChI=1S/C22H20N2O3S/c1-13-8-14(2)21(15(3)9-13)17-11-28-22(23-17)24-20(25)7-5-16-4-6-18-19(10-16)27-12-26-18/h4-11H,12H2,1-3H3,(H,23,24,25)/b7-5+. The highest BCUT2D eigenvalue weighted by atomic mass is 32.1. The van der Waals surface area contributed by atoms with Crippen molar-refractivity contribution in [2.45, 2.75) is 20.8 Å². The minimum Gasteiger partial charge on any atom is -0.454 e. The summed E-state index contributed by atoms with van der Waals surface area (Å²) in [6.45, 7) is 6.49. The molecule has 0 unspecified atom stereocenters. The predicted octanol–water partition coefficient (Wildman–Crippen LogP) is 5.12. The number of aryl methyl sites for hydroxylation is 3. The van der Waals surface area contributed by atoms with Crippen LogP contribution in [0.4, 0.5) is 5.13 Å². The van der Waals surface area contributed by atoms with Crippen molar-refractivity contribution in [3.05, 3.63) is 64.0 Å². The van der Waals surface area contributed by atoms with E-state index in [1.807, 2.05) is 23.6 Å². The first kappa shape index (κ1) is 18.3. The number of nitrogens with zero attached hydrogens (tertiary/aromatic N) is 1. The van der Waals surface area contributed by atoms with Crippen molar-refractivity contribution in [1.29, 1.82) is 0 Å². The third kappa shape index (κ3) is 3.77. The van der Waals surface area contributed by atoms with Crippen molar-refractivity contribution in [3.63, 3.8) is 0 Å². The van der Waals surface area contributed by atoms with Crippen LogP contribution in [0.2, 0.25) is 0 Å². The maximum Gasteiger partial charge on any atom is 0.250 e. The summed E-state index contributed by atoms with van der Waals surface area (Å²) < 4.78 is 10.6. The molecule has 28 heavy (non-hydrogen) atoms. The first-order chi connectivity index (χ1) is 13.5. The van der Waals surface area contributed by atoms with Crippen molar-refractivity contribution in [1.82, 2.24) is 4.98 Å². The fourth-order valence-corrected chi connectivity index (χ4v) is 4.07. The molecule has 0 atom stereocenters. The molecule has 1 aromatic heterocycles. The van der Waals surface area contributed by atoms with Crippen LogP contribution in [0.5, 0.6) is 11.5 Å². The first-order valence-electron chi connectivity index (χ1n) is 8.92. The molecule has 0 bridgehead atoms. The van der Waals surface area contributed by atoms with Gasteiger partial charge in [0.25, 0.3) is 0 Å². The molecule has 0 saturated carbocycles. The Kier molecular flexibility index (Phi) is 4.88. The van der Waals surface area contributed by atoms with E-state index in [2.05, 4.69) is 43.2 Å². The van der Waals surface area contributed by atoms with Gasteiger partial charge in [-0.2, -0.15) is 0 Å². The van der Waals surface area contributed by atoms with Gasteiger partial charge in [0, 0.05) is 17.0 Å². The van der Waals surface area contributed by atoms with Gasteiger partial charge in [0.1, 0.15) is 0 Å². The number of anilines is 1. The number of carbonyl (C=O) groups is 1. The summed E-state index contributed by atoms with van der Waals surface area (Å²) in [4.78, 5) is 16.8. The first-order valence-corrected chi connectivity index (χ1v) is 9.80. The molecule has 2 heterocycles. The summed E-state index contributed by atoms with van der Waals surface area (Å²) in [5.74, 6) is 1.19. The van der Waals surface area contributed by atoms with Gasteiger partial charge in [-0.15, -0.1) is 11.3 Å². The summed E-state index contributed by atoms with van der Waals surface area (Å²) in [6, 6.07) is 9.85. The van der Waals surface area contributed by atoms with E-state index < -0.39 is 0 Å². The Balaban J connectivity index is 1.46. The van der Waals surface area contributed by atoms with Crippen molar-refractivity contribution < 1.29 is 14.3 Å². The number of hydrogen-bond acceptors (Lipinski definition) is 5. The monoisotopic (exact) mass is 392 g/mol. The smallest absolute Gasteiger partial charge is 0.250 e. The second kappa shape index (κ2) is 7.48. The summed E-state index contributed by atoms with van der Waals surface area (Å²) in [7, 11) is 0. The van der Waals surface area contributed by atoms with Crippen LogP contribution in [-0.2, 0) is 4.79 Å². The number of amides is 1. The van der Waals surface area contributed by atoms with Gasteiger partial charge in [0.15, 0.2) is 16.6 Å². The third-order valence-electron chi connectivity index (χ3n) is 4.49. The molecule has 0 aliphatic carbocycles. The highest BCUT2D eigenvalue weighted by Crippen LogP contribution is 2.33. The van der Waals surface area contributed by atoms with Crippen LogP contribution in [0.3, 0.4) is 0 Å². The van der Waals surface area contributed by atoms with E-state index >= 15 is 0 Å². The molecule has 1 N–H and O–H groups in total. The van der Waals surface area contributed by atoms with E-state index in [-0.39, 0.29) is 12.7 Å². The van der Waals surface area contributed by atoms with E-state index in [9.17, 15) is 4.79 Å². The molecule has 0 fully saturated rings. The molecule has 0 saturated heterocycles. The van der Waals surface area contributed by atoms with Crippen molar-refractivity contribution in [2.24, 2.45) is 0 Å². The highest BCUT2D eigenvalue weighted by Gasteiger charge is 2.13. The van der Waals surface area contributed by atoms with Crippen LogP contribution in [0.1, 0.15) is 22.3 Å². The van der Waals surface area contributed by atoms with Crippen LogP contribution in [-0.4, -0.2) is 17.7 Å². The van der Waals surface area contributed by atoms with Gasteiger partial charge in [-0.25, -0.2) is 4.98 Å². The zero-order valence-corrected chi connectivity index (χ0v) is 16.7.